The summed E-state index contributed by atoms with van der Waals surface area (Å²) >= 11 is 11.9. The summed E-state index contributed by atoms with van der Waals surface area (Å²) in [4.78, 5) is 2.33. The van der Waals surface area contributed by atoms with Crippen molar-refractivity contribution in [2.45, 2.75) is 57.8 Å². The smallest absolute Gasteiger partial charge is 0.209 e. The first kappa shape index (κ1) is 27.2. The van der Waals surface area contributed by atoms with Crippen LogP contribution in [0.2, 0.25) is 0 Å². The molecule has 2 aliphatic heterocycles. The number of benzene rings is 2. The average Bonchev–Trinajstić information content (AvgIpc) is 3.15. The largest absolute Gasteiger partial charge is 0.347 e. The lowest BCUT2D eigenvalue weighted by Gasteiger charge is -2.24. The van der Waals surface area contributed by atoms with Gasteiger partial charge >= 0.3 is 0 Å². The molecule has 5 heteroatoms. The first-order valence-corrected chi connectivity index (χ1v) is 15.4. The summed E-state index contributed by atoms with van der Waals surface area (Å²) in [6.45, 7) is 9.27. The number of rotatable bonds is 3. The molecule has 37 heavy (non-hydrogen) atoms. The molecule has 0 N–H and O–H groups in total. The van der Waals surface area contributed by atoms with Crippen LogP contribution in [0.3, 0.4) is 0 Å². The van der Waals surface area contributed by atoms with Crippen molar-refractivity contribution >= 4 is 73.9 Å². The standard InChI is InChI=1S/C32H34ClI2N2/c1-31(2)24-18-22(34)12-14-26(24)36(5)28(31)16-10-20-8-7-9-21(30(20)33)11-17-29-32(3,4)25-19-23(35)13-15-27(25)37(29)6/h10-19H,7-9H2,1-6H3/q+1. The molecule has 0 fully saturated rings. The molecule has 0 aromatic heterocycles. The molecule has 0 atom stereocenters. The normalized spacial score (nSPS) is 22.6. The zero-order valence-electron chi connectivity index (χ0n) is 22.4. The second-order valence-corrected chi connectivity index (χ2v) is 14.2. The van der Waals surface area contributed by atoms with Crippen LogP contribution >= 0.6 is 56.8 Å². The summed E-state index contributed by atoms with van der Waals surface area (Å²) in [6, 6.07) is 13.5. The minimum absolute atomic E-state index is 0.0436. The summed E-state index contributed by atoms with van der Waals surface area (Å²) in [5.74, 6) is 0. The maximum atomic E-state index is 7.05. The second kappa shape index (κ2) is 9.98. The number of likely N-dealkylation sites (N-methyl/N-ethyl adjacent to an activating group) is 1. The summed E-state index contributed by atoms with van der Waals surface area (Å²) in [5.41, 5.74) is 10.3. The van der Waals surface area contributed by atoms with Crippen LogP contribution in [-0.2, 0) is 10.8 Å². The fourth-order valence-electron chi connectivity index (χ4n) is 6.18. The van der Waals surface area contributed by atoms with E-state index in [0.717, 1.165) is 24.3 Å². The molecule has 3 aliphatic rings. The van der Waals surface area contributed by atoms with Crippen molar-refractivity contribution in [1.29, 1.82) is 0 Å². The van der Waals surface area contributed by atoms with Gasteiger partial charge in [0.2, 0.25) is 5.69 Å². The molecular formula is C32H34ClI2N2+. The molecule has 0 saturated heterocycles. The molecule has 1 aliphatic carbocycles. The lowest BCUT2D eigenvalue weighted by Crippen LogP contribution is -2.26. The lowest BCUT2D eigenvalue weighted by atomic mass is 9.81. The number of allylic oxidation sites excluding steroid dienone is 8. The van der Waals surface area contributed by atoms with E-state index in [1.165, 1.54) is 52.2 Å². The highest BCUT2D eigenvalue weighted by molar-refractivity contribution is 14.1. The van der Waals surface area contributed by atoms with Crippen molar-refractivity contribution in [2.24, 2.45) is 0 Å². The molecule has 0 bridgehead atoms. The third-order valence-electron chi connectivity index (χ3n) is 8.33. The van der Waals surface area contributed by atoms with Crippen molar-refractivity contribution in [3.8, 4) is 0 Å². The Labute approximate surface area is 254 Å². The Bertz CT molecular complexity index is 1450. The van der Waals surface area contributed by atoms with Crippen molar-refractivity contribution in [3.63, 3.8) is 0 Å². The second-order valence-electron chi connectivity index (χ2n) is 11.3. The number of nitrogens with zero attached hydrogens (tertiary/aromatic N) is 2. The van der Waals surface area contributed by atoms with E-state index in [1.54, 1.807) is 0 Å². The number of hydrogen-bond donors (Lipinski definition) is 0. The van der Waals surface area contributed by atoms with E-state index in [0.29, 0.717) is 0 Å². The molecule has 0 saturated carbocycles. The molecule has 0 spiro atoms. The van der Waals surface area contributed by atoms with Crippen molar-refractivity contribution in [2.75, 3.05) is 19.0 Å². The Morgan fingerprint density at radius 1 is 0.892 bits per heavy atom. The Balaban J connectivity index is 1.46. The van der Waals surface area contributed by atoms with Crippen LogP contribution in [0.15, 0.2) is 82.6 Å². The van der Waals surface area contributed by atoms with E-state index in [9.17, 15) is 0 Å². The number of halogens is 3. The van der Waals surface area contributed by atoms with Gasteiger partial charge in [0.25, 0.3) is 0 Å². The predicted molar refractivity (Wildman–Crippen MR) is 176 cm³/mol. The van der Waals surface area contributed by atoms with Gasteiger partial charge in [-0.05, 0) is 131 Å². The van der Waals surface area contributed by atoms with Gasteiger partial charge in [-0.3, -0.25) is 0 Å². The molecule has 5 rings (SSSR count). The zero-order valence-corrected chi connectivity index (χ0v) is 27.5. The van der Waals surface area contributed by atoms with Gasteiger partial charge in [0.15, 0.2) is 5.71 Å². The molecule has 2 heterocycles. The van der Waals surface area contributed by atoms with Gasteiger partial charge in [0.05, 0.1) is 5.41 Å². The third kappa shape index (κ3) is 4.69. The predicted octanol–water partition coefficient (Wildman–Crippen LogP) is 9.37. The van der Waals surface area contributed by atoms with Crippen LogP contribution in [0, 0.1) is 7.14 Å². The topological polar surface area (TPSA) is 6.25 Å². The van der Waals surface area contributed by atoms with Crippen LogP contribution in [0.1, 0.15) is 58.1 Å². The van der Waals surface area contributed by atoms with Gasteiger partial charge in [-0.25, -0.2) is 0 Å². The third-order valence-corrected chi connectivity index (χ3v) is 10.2. The Morgan fingerprint density at radius 2 is 1.57 bits per heavy atom. The maximum Gasteiger partial charge on any atom is 0.209 e. The zero-order chi connectivity index (χ0) is 26.7. The quantitative estimate of drug-likeness (QED) is 0.225. The number of fused-ring (bicyclic) bond motifs is 2. The van der Waals surface area contributed by atoms with Gasteiger partial charge < -0.3 is 4.90 Å². The highest BCUT2D eigenvalue weighted by Gasteiger charge is 2.43. The average molecular weight is 736 g/mol. The van der Waals surface area contributed by atoms with Crippen molar-refractivity contribution in [3.05, 3.63) is 101 Å². The molecule has 0 unspecified atom stereocenters. The number of anilines is 1. The number of hydrogen-bond acceptors (Lipinski definition) is 1. The molecule has 192 valence electrons. The SMILES string of the molecule is CN1/C(=C\C=C2/CCCC(/C=C/C3=[N+](C)c4ccc(I)cc4C3(C)C)=C2Cl)C(C)(C)c2cc(I)ccc21. The highest BCUT2D eigenvalue weighted by Crippen LogP contribution is 2.47. The molecule has 2 aromatic rings. The minimum Gasteiger partial charge on any atom is -0.347 e. The van der Waals surface area contributed by atoms with Gasteiger partial charge in [-0.2, -0.15) is 4.58 Å². The van der Waals surface area contributed by atoms with Crippen molar-refractivity contribution in [1.82, 2.24) is 0 Å². The van der Waals surface area contributed by atoms with E-state index in [-0.39, 0.29) is 10.8 Å². The first-order chi connectivity index (χ1) is 17.4. The first-order valence-electron chi connectivity index (χ1n) is 12.9. The fraction of sp³-hybridized carbons (Fsp3) is 0.344. The summed E-state index contributed by atoms with van der Waals surface area (Å²) in [6.07, 6.45) is 12.2. The molecular weight excluding hydrogens is 702 g/mol. The molecule has 0 radical (unpaired) electrons. The summed E-state index contributed by atoms with van der Waals surface area (Å²) < 4.78 is 4.88. The van der Waals surface area contributed by atoms with E-state index in [4.69, 9.17) is 11.6 Å². The van der Waals surface area contributed by atoms with Crippen LogP contribution in [-0.4, -0.2) is 24.4 Å². The van der Waals surface area contributed by atoms with E-state index in [1.807, 2.05) is 0 Å². The van der Waals surface area contributed by atoms with Gasteiger partial charge in [-0.1, -0.05) is 37.6 Å². The molecule has 0 amide bonds. The van der Waals surface area contributed by atoms with Gasteiger partial charge in [0, 0.05) is 53.7 Å². The van der Waals surface area contributed by atoms with E-state index < -0.39 is 0 Å². The van der Waals surface area contributed by atoms with Gasteiger partial charge in [-0.15, -0.1) is 0 Å². The van der Waals surface area contributed by atoms with Crippen LogP contribution in [0.4, 0.5) is 11.4 Å². The molecule has 2 aromatic carbocycles. The van der Waals surface area contributed by atoms with Crippen LogP contribution in [0.5, 0.6) is 0 Å². The van der Waals surface area contributed by atoms with Gasteiger partial charge in [0.1, 0.15) is 7.05 Å². The molecule has 2 nitrogen and oxygen atoms in total. The summed E-state index contributed by atoms with van der Waals surface area (Å²) in [5, 5.41) is 0.913. The van der Waals surface area contributed by atoms with Crippen LogP contribution < -0.4 is 4.90 Å². The monoisotopic (exact) mass is 735 g/mol. The highest BCUT2D eigenvalue weighted by atomic mass is 127. The Kier molecular flexibility index (Phi) is 7.34. The Hall–Kier alpha value is -1.38. The lowest BCUT2D eigenvalue weighted by molar-refractivity contribution is -0.401. The Morgan fingerprint density at radius 3 is 2.30 bits per heavy atom. The van der Waals surface area contributed by atoms with E-state index in [2.05, 4.69) is 157 Å². The van der Waals surface area contributed by atoms with E-state index >= 15 is 0 Å². The summed E-state index contributed by atoms with van der Waals surface area (Å²) in [7, 11) is 4.35. The van der Waals surface area contributed by atoms with Crippen molar-refractivity contribution < 1.29 is 4.58 Å². The minimum atomic E-state index is -0.0436. The fourth-order valence-corrected chi connectivity index (χ4v) is 7.48. The van der Waals surface area contributed by atoms with Crippen LogP contribution in [0.25, 0.3) is 0 Å². The maximum absolute atomic E-state index is 7.05.